The molecule has 30 heavy (non-hydrogen) atoms. The summed E-state index contributed by atoms with van der Waals surface area (Å²) >= 11 is 0. The average Bonchev–Trinajstić information content (AvgIpc) is 3.19. The van der Waals surface area contributed by atoms with Crippen LogP contribution in [0.3, 0.4) is 0 Å². The molecule has 0 saturated carbocycles. The second-order valence-electron chi connectivity index (χ2n) is 7.06. The molecule has 154 valence electrons. The molecule has 3 aromatic rings. The summed E-state index contributed by atoms with van der Waals surface area (Å²) in [5.41, 5.74) is 0.486. The van der Waals surface area contributed by atoms with Crippen molar-refractivity contribution in [3.63, 3.8) is 0 Å². The summed E-state index contributed by atoms with van der Waals surface area (Å²) in [6, 6.07) is 10.9. The quantitative estimate of drug-likeness (QED) is 0.471. The molecule has 1 atom stereocenters. The maximum atomic E-state index is 12.9. The van der Waals surface area contributed by atoms with Gasteiger partial charge in [-0.25, -0.2) is 9.59 Å². The van der Waals surface area contributed by atoms with Gasteiger partial charge in [0.1, 0.15) is 17.8 Å². The number of H-pyrrole nitrogens is 2. The summed E-state index contributed by atoms with van der Waals surface area (Å²) in [4.78, 5) is 55.2. The Bertz CT molecular complexity index is 1210. The lowest BCUT2D eigenvalue weighted by molar-refractivity contribution is -0.133. The lowest BCUT2D eigenvalue weighted by atomic mass is 9.92. The van der Waals surface area contributed by atoms with Gasteiger partial charge < -0.3 is 25.3 Å². The van der Waals surface area contributed by atoms with Gasteiger partial charge in [0.05, 0.1) is 18.1 Å². The molecule has 4 amide bonds. The number of nitrogens with one attached hydrogen (secondary N) is 4. The number of methoxy groups -OCH3 is 1. The van der Waals surface area contributed by atoms with Gasteiger partial charge in [-0.2, -0.15) is 0 Å². The number of amides is 4. The maximum absolute atomic E-state index is 12.9. The zero-order chi connectivity index (χ0) is 21.5. The van der Waals surface area contributed by atoms with Crippen molar-refractivity contribution in [3.8, 4) is 5.75 Å². The van der Waals surface area contributed by atoms with E-state index in [4.69, 9.17) is 4.74 Å². The molecule has 1 saturated heterocycles. The van der Waals surface area contributed by atoms with Gasteiger partial charge in [0.15, 0.2) is 0 Å². The van der Waals surface area contributed by atoms with E-state index in [9.17, 15) is 19.2 Å². The molecular formula is C20H19N5O5. The van der Waals surface area contributed by atoms with Crippen LogP contribution in [-0.2, 0) is 15.1 Å². The van der Waals surface area contributed by atoms with Crippen LogP contribution in [0.15, 0.2) is 47.3 Å². The van der Waals surface area contributed by atoms with Gasteiger partial charge in [-0.05, 0) is 42.8 Å². The summed E-state index contributed by atoms with van der Waals surface area (Å²) in [7, 11) is 1.53. The predicted octanol–water partition coefficient (Wildman–Crippen LogP) is 1.27. The Morgan fingerprint density at radius 2 is 1.77 bits per heavy atom. The SMILES string of the molecule is COc1ccc([C@]2(C)NC(=O)N(CC(=O)Nc3ccc4[nH]c(=O)[nH]c4c3)C2=O)cc1. The van der Waals surface area contributed by atoms with Gasteiger partial charge in [-0.15, -0.1) is 0 Å². The minimum absolute atomic E-state index is 0.356. The number of nitrogens with zero attached hydrogens (tertiary/aromatic N) is 1. The number of aromatic nitrogens is 2. The molecule has 1 aliphatic rings. The largest absolute Gasteiger partial charge is 0.497 e. The van der Waals surface area contributed by atoms with E-state index >= 15 is 0 Å². The van der Waals surface area contributed by atoms with E-state index in [1.165, 1.54) is 7.11 Å². The zero-order valence-electron chi connectivity index (χ0n) is 16.2. The van der Waals surface area contributed by atoms with Gasteiger partial charge in [0.25, 0.3) is 5.91 Å². The summed E-state index contributed by atoms with van der Waals surface area (Å²) in [5.74, 6) is -0.455. The lowest BCUT2D eigenvalue weighted by Gasteiger charge is -2.22. The molecule has 1 fully saturated rings. The van der Waals surface area contributed by atoms with Crippen molar-refractivity contribution >= 4 is 34.6 Å². The van der Waals surface area contributed by atoms with E-state index in [1.807, 2.05) is 0 Å². The molecule has 4 rings (SSSR count). The van der Waals surface area contributed by atoms with E-state index in [2.05, 4.69) is 20.6 Å². The highest BCUT2D eigenvalue weighted by atomic mass is 16.5. The molecule has 1 aliphatic heterocycles. The van der Waals surface area contributed by atoms with Crippen molar-refractivity contribution in [3.05, 3.63) is 58.5 Å². The smallest absolute Gasteiger partial charge is 0.325 e. The molecule has 0 spiro atoms. The third kappa shape index (κ3) is 3.28. The van der Waals surface area contributed by atoms with Crippen molar-refractivity contribution in [2.24, 2.45) is 0 Å². The van der Waals surface area contributed by atoms with Crippen molar-refractivity contribution in [1.82, 2.24) is 20.2 Å². The average molecular weight is 409 g/mol. The Balaban J connectivity index is 1.49. The molecule has 10 nitrogen and oxygen atoms in total. The van der Waals surface area contributed by atoms with Gasteiger partial charge in [0.2, 0.25) is 5.91 Å². The number of aromatic amines is 2. The van der Waals surface area contributed by atoms with Crippen molar-refractivity contribution in [2.45, 2.75) is 12.5 Å². The molecule has 2 heterocycles. The molecule has 10 heteroatoms. The number of urea groups is 1. The Hall–Kier alpha value is -4.08. The number of benzene rings is 2. The van der Waals surface area contributed by atoms with E-state index in [0.29, 0.717) is 28.0 Å². The number of rotatable bonds is 5. The van der Waals surface area contributed by atoms with Crippen LogP contribution in [0, 0.1) is 0 Å². The van der Waals surface area contributed by atoms with E-state index in [1.54, 1.807) is 49.4 Å². The highest BCUT2D eigenvalue weighted by Crippen LogP contribution is 2.30. The summed E-state index contributed by atoms with van der Waals surface area (Å²) in [6.45, 7) is 1.14. The predicted molar refractivity (Wildman–Crippen MR) is 108 cm³/mol. The highest BCUT2D eigenvalue weighted by molar-refractivity contribution is 6.10. The number of imidazole rings is 1. The second kappa shape index (κ2) is 7.07. The summed E-state index contributed by atoms with van der Waals surface area (Å²) in [6.07, 6.45) is 0. The van der Waals surface area contributed by atoms with Crippen LogP contribution in [0.4, 0.5) is 10.5 Å². The van der Waals surface area contributed by atoms with Crippen LogP contribution in [0.25, 0.3) is 11.0 Å². The molecular weight excluding hydrogens is 390 g/mol. The minimum atomic E-state index is -1.28. The normalized spacial score (nSPS) is 18.5. The number of fused-ring (bicyclic) bond motifs is 1. The van der Waals surface area contributed by atoms with E-state index in [0.717, 1.165) is 4.90 Å². The number of hydrogen-bond donors (Lipinski definition) is 4. The Kier molecular flexibility index (Phi) is 4.53. The van der Waals surface area contributed by atoms with Crippen molar-refractivity contribution in [2.75, 3.05) is 19.0 Å². The first-order chi connectivity index (χ1) is 14.3. The molecule has 4 N–H and O–H groups in total. The van der Waals surface area contributed by atoms with Crippen molar-refractivity contribution in [1.29, 1.82) is 0 Å². The fourth-order valence-electron chi connectivity index (χ4n) is 3.41. The van der Waals surface area contributed by atoms with Crippen LogP contribution >= 0.6 is 0 Å². The molecule has 0 aliphatic carbocycles. The van der Waals surface area contributed by atoms with Crippen LogP contribution in [-0.4, -0.2) is 46.4 Å². The number of anilines is 1. The van der Waals surface area contributed by atoms with Gasteiger partial charge >= 0.3 is 11.7 Å². The molecule has 0 radical (unpaired) electrons. The Morgan fingerprint density at radius 3 is 2.47 bits per heavy atom. The summed E-state index contributed by atoms with van der Waals surface area (Å²) in [5, 5.41) is 5.28. The standard InChI is InChI=1S/C20H19N5O5/c1-20(11-3-6-13(30-2)7-4-11)17(27)25(19(29)24-20)10-16(26)21-12-5-8-14-15(9-12)23-18(28)22-14/h3-9H,10H2,1-2H3,(H,21,26)(H,24,29)(H2,22,23,28)/t20-/m0/s1. The third-order valence-corrected chi connectivity index (χ3v) is 5.04. The fourth-order valence-corrected chi connectivity index (χ4v) is 3.41. The second-order valence-corrected chi connectivity index (χ2v) is 7.06. The Labute approximate surface area is 170 Å². The fraction of sp³-hybridized carbons (Fsp3) is 0.200. The summed E-state index contributed by atoms with van der Waals surface area (Å²) < 4.78 is 5.11. The van der Waals surface area contributed by atoms with Crippen LogP contribution in [0.1, 0.15) is 12.5 Å². The molecule has 0 bridgehead atoms. The van der Waals surface area contributed by atoms with Gasteiger partial charge in [-0.1, -0.05) is 12.1 Å². The topological polar surface area (TPSA) is 136 Å². The Morgan fingerprint density at radius 1 is 1.07 bits per heavy atom. The number of carbonyl (C=O) groups excluding carboxylic acids is 3. The number of hydrogen-bond acceptors (Lipinski definition) is 5. The first-order valence-electron chi connectivity index (χ1n) is 9.11. The molecule has 2 aromatic carbocycles. The zero-order valence-corrected chi connectivity index (χ0v) is 16.2. The number of carbonyl (C=O) groups is 3. The minimum Gasteiger partial charge on any atom is -0.497 e. The monoisotopic (exact) mass is 409 g/mol. The van der Waals surface area contributed by atoms with Crippen LogP contribution < -0.4 is 21.1 Å². The first kappa shape index (κ1) is 19.2. The maximum Gasteiger partial charge on any atom is 0.325 e. The van der Waals surface area contributed by atoms with Crippen molar-refractivity contribution < 1.29 is 19.1 Å². The van der Waals surface area contributed by atoms with Gasteiger partial charge in [-0.3, -0.25) is 14.5 Å². The number of ether oxygens (including phenoxy) is 1. The molecule has 1 aromatic heterocycles. The third-order valence-electron chi connectivity index (χ3n) is 5.04. The van der Waals surface area contributed by atoms with E-state index < -0.39 is 29.9 Å². The lowest BCUT2D eigenvalue weighted by Crippen LogP contribution is -2.42. The van der Waals surface area contributed by atoms with E-state index in [-0.39, 0.29) is 5.69 Å². The number of imide groups is 1. The molecule has 0 unspecified atom stereocenters. The first-order valence-corrected chi connectivity index (χ1v) is 9.11. The highest BCUT2D eigenvalue weighted by Gasteiger charge is 2.49. The van der Waals surface area contributed by atoms with Crippen LogP contribution in [0.2, 0.25) is 0 Å². The van der Waals surface area contributed by atoms with Gasteiger partial charge in [0, 0.05) is 5.69 Å². The van der Waals surface area contributed by atoms with Crippen LogP contribution in [0.5, 0.6) is 5.75 Å².